The minimum atomic E-state index is 0.0910. The molecule has 0 aliphatic carbocycles. The van der Waals surface area contributed by atoms with Crippen LogP contribution in [0.5, 0.6) is 0 Å². The Kier molecular flexibility index (Phi) is 6.49. The molecule has 2 heterocycles. The van der Waals surface area contributed by atoms with Gasteiger partial charge in [-0.05, 0) is 37.6 Å². The minimum Gasteiger partial charge on any atom is -0.379 e. The Balaban J connectivity index is 1.67. The summed E-state index contributed by atoms with van der Waals surface area (Å²) in [5.74, 6) is 0.296. The SMILES string of the molecule is O=C(NCC(c1ccccc1Cl)N1CCOCC1)C1CCNCC1. The molecule has 1 aromatic rings. The molecule has 1 atom stereocenters. The van der Waals surface area contributed by atoms with Crippen molar-refractivity contribution in [2.75, 3.05) is 45.9 Å². The van der Waals surface area contributed by atoms with Gasteiger partial charge in [-0.25, -0.2) is 0 Å². The number of nitrogens with zero attached hydrogens (tertiary/aromatic N) is 1. The fourth-order valence-corrected chi connectivity index (χ4v) is 3.76. The number of ether oxygens (including phenoxy) is 1. The van der Waals surface area contributed by atoms with Crippen molar-refractivity contribution in [1.82, 2.24) is 15.5 Å². The molecule has 2 saturated heterocycles. The third kappa shape index (κ3) is 4.48. The molecule has 2 aliphatic rings. The summed E-state index contributed by atoms with van der Waals surface area (Å²) in [5.41, 5.74) is 1.08. The lowest BCUT2D eigenvalue weighted by molar-refractivity contribution is -0.126. The standard InChI is InChI=1S/C18H26ClN3O2/c19-16-4-2-1-3-15(16)17(22-9-11-24-12-10-22)13-21-18(23)14-5-7-20-8-6-14/h1-4,14,17,20H,5-13H2,(H,21,23). The second-order valence-electron chi connectivity index (χ2n) is 6.46. The van der Waals surface area contributed by atoms with Gasteiger partial charge in [0, 0.05) is 30.6 Å². The quantitative estimate of drug-likeness (QED) is 0.849. The number of nitrogens with one attached hydrogen (secondary N) is 2. The first-order chi connectivity index (χ1) is 11.8. The van der Waals surface area contributed by atoms with Crippen LogP contribution in [0.3, 0.4) is 0 Å². The van der Waals surface area contributed by atoms with Gasteiger partial charge in [-0.15, -0.1) is 0 Å². The first-order valence-corrected chi connectivity index (χ1v) is 9.18. The molecular weight excluding hydrogens is 326 g/mol. The van der Waals surface area contributed by atoms with Crippen molar-refractivity contribution < 1.29 is 9.53 Å². The van der Waals surface area contributed by atoms with Crippen LogP contribution in [-0.2, 0) is 9.53 Å². The predicted octanol–water partition coefficient (Wildman–Crippen LogP) is 1.83. The Hall–Kier alpha value is -1.14. The number of carbonyl (C=O) groups excluding carboxylic acids is 1. The zero-order valence-corrected chi connectivity index (χ0v) is 14.7. The smallest absolute Gasteiger partial charge is 0.223 e. The second kappa shape index (κ2) is 8.81. The van der Waals surface area contributed by atoms with Crippen molar-refractivity contribution in [3.8, 4) is 0 Å². The van der Waals surface area contributed by atoms with E-state index >= 15 is 0 Å². The topological polar surface area (TPSA) is 53.6 Å². The van der Waals surface area contributed by atoms with Gasteiger partial charge in [0.25, 0.3) is 0 Å². The Morgan fingerprint density at radius 1 is 1.29 bits per heavy atom. The average Bonchev–Trinajstić information content (AvgIpc) is 2.65. The van der Waals surface area contributed by atoms with Gasteiger partial charge in [-0.1, -0.05) is 29.8 Å². The zero-order chi connectivity index (χ0) is 16.8. The molecule has 6 heteroatoms. The molecule has 5 nitrogen and oxygen atoms in total. The lowest BCUT2D eigenvalue weighted by Gasteiger charge is -2.35. The number of morpholine rings is 1. The Bertz CT molecular complexity index is 543. The van der Waals surface area contributed by atoms with E-state index in [4.69, 9.17) is 16.3 Å². The molecule has 1 aromatic carbocycles. The molecule has 1 amide bonds. The van der Waals surface area contributed by atoms with Crippen molar-refractivity contribution in [2.24, 2.45) is 5.92 Å². The summed E-state index contributed by atoms with van der Waals surface area (Å²) in [7, 11) is 0. The lowest BCUT2D eigenvalue weighted by atomic mass is 9.97. The zero-order valence-electron chi connectivity index (χ0n) is 14.0. The van der Waals surface area contributed by atoms with Crippen molar-refractivity contribution >= 4 is 17.5 Å². The van der Waals surface area contributed by atoms with Crippen LogP contribution in [0.4, 0.5) is 0 Å². The largest absolute Gasteiger partial charge is 0.379 e. The van der Waals surface area contributed by atoms with Crippen LogP contribution in [0.2, 0.25) is 5.02 Å². The summed E-state index contributed by atoms with van der Waals surface area (Å²) < 4.78 is 5.47. The highest BCUT2D eigenvalue weighted by Crippen LogP contribution is 2.28. The van der Waals surface area contributed by atoms with E-state index < -0.39 is 0 Å². The molecule has 132 valence electrons. The maximum atomic E-state index is 12.5. The van der Waals surface area contributed by atoms with Gasteiger partial charge in [-0.2, -0.15) is 0 Å². The molecule has 24 heavy (non-hydrogen) atoms. The summed E-state index contributed by atoms with van der Waals surface area (Å²) in [6.07, 6.45) is 1.83. The first kappa shape index (κ1) is 17.7. The number of halogens is 1. The molecular formula is C18H26ClN3O2. The monoisotopic (exact) mass is 351 g/mol. The van der Waals surface area contributed by atoms with E-state index in [0.29, 0.717) is 6.54 Å². The van der Waals surface area contributed by atoms with Gasteiger partial charge >= 0.3 is 0 Å². The second-order valence-corrected chi connectivity index (χ2v) is 6.86. The maximum Gasteiger partial charge on any atom is 0.223 e. The number of hydrogen-bond acceptors (Lipinski definition) is 4. The van der Waals surface area contributed by atoms with Gasteiger partial charge in [0.15, 0.2) is 0 Å². The van der Waals surface area contributed by atoms with Crippen molar-refractivity contribution in [3.05, 3.63) is 34.9 Å². The van der Waals surface area contributed by atoms with Gasteiger partial charge in [0.05, 0.1) is 19.3 Å². The summed E-state index contributed by atoms with van der Waals surface area (Å²) >= 11 is 6.42. The van der Waals surface area contributed by atoms with Crippen LogP contribution < -0.4 is 10.6 Å². The van der Waals surface area contributed by atoms with Crippen LogP contribution >= 0.6 is 11.6 Å². The van der Waals surface area contributed by atoms with Crippen LogP contribution in [-0.4, -0.2) is 56.7 Å². The highest BCUT2D eigenvalue weighted by Gasteiger charge is 2.26. The third-order valence-corrected chi connectivity index (χ3v) is 5.27. The van der Waals surface area contributed by atoms with Crippen molar-refractivity contribution in [3.63, 3.8) is 0 Å². The summed E-state index contributed by atoms with van der Waals surface area (Å²) in [5, 5.41) is 7.22. The highest BCUT2D eigenvalue weighted by atomic mass is 35.5. The van der Waals surface area contributed by atoms with E-state index in [1.807, 2.05) is 18.2 Å². The average molecular weight is 352 g/mol. The Labute approximate surface area is 148 Å². The molecule has 0 aromatic heterocycles. The van der Waals surface area contributed by atoms with Crippen LogP contribution in [0.1, 0.15) is 24.4 Å². The Morgan fingerprint density at radius 2 is 2.00 bits per heavy atom. The number of rotatable bonds is 5. The first-order valence-electron chi connectivity index (χ1n) is 8.80. The van der Waals surface area contributed by atoms with Crippen molar-refractivity contribution in [2.45, 2.75) is 18.9 Å². The molecule has 2 aliphatic heterocycles. The predicted molar refractivity (Wildman–Crippen MR) is 95.2 cm³/mol. The fourth-order valence-electron chi connectivity index (χ4n) is 3.50. The van der Waals surface area contributed by atoms with E-state index in [2.05, 4.69) is 21.6 Å². The van der Waals surface area contributed by atoms with Gasteiger partial charge in [-0.3, -0.25) is 9.69 Å². The Morgan fingerprint density at radius 3 is 2.71 bits per heavy atom. The number of carbonyl (C=O) groups is 1. The molecule has 0 radical (unpaired) electrons. The van der Waals surface area contributed by atoms with E-state index in [1.54, 1.807) is 0 Å². The maximum absolute atomic E-state index is 12.5. The molecule has 2 N–H and O–H groups in total. The van der Waals surface area contributed by atoms with E-state index in [1.165, 1.54) is 0 Å². The van der Waals surface area contributed by atoms with Crippen LogP contribution in [0.15, 0.2) is 24.3 Å². The summed E-state index contributed by atoms with van der Waals surface area (Å²) in [6, 6.07) is 8.00. The van der Waals surface area contributed by atoms with Gasteiger partial charge in [0.1, 0.15) is 0 Å². The van der Waals surface area contributed by atoms with Gasteiger partial charge in [0.2, 0.25) is 5.91 Å². The van der Waals surface area contributed by atoms with Gasteiger partial charge < -0.3 is 15.4 Å². The molecule has 3 rings (SSSR count). The van der Waals surface area contributed by atoms with Crippen LogP contribution in [0, 0.1) is 5.92 Å². The number of hydrogen-bond donors (Lipinski definition) is 2. The molecule has 0 saturated carbocycles. The van der Waals surface area contributed by atoms with E-state index in [0.717, 1.165) is 62.8 Å². The number of piperidine rings is 1. The number of amides is 1. The minimum absolute atomic E-state index is 0.0910. The summed E-state index contributed by atoms with van der Waals surface area (Å²) in [6.45, 7) is 5.61. The summed E-state index contributed by atoms with van der Waals surface area (Å²) in [4.78, 5) is 14.8. The highest BCUT2D eigenvalue weighted by molar-refractivity contribution is 6.31. The fraction of sp³-hybridized carbons (Fsp3) is 0.611. The number of benzene rings is 1. The molecule has 0 bridgehead atoms. The molecule has 2 fully saturated rings. The van der Waals surface area contributed by atoms with E-state index in [9.17, 15) is 4.79 Å². The normalized spacial score (nSPS) is 21.4. The third-order valence-electron chi connectivity index (χ3n) is 4.93. The van der Waals surface area contributed by atoms with E-state index in [-0.39, 0.29) is 17.9 Å². The molecule has 0 spiro atoms. The van der Waals surface area contributed by atoms with Crippen molar-refractivity contribution in [1.29, 1.82) is 0 Å². The molecule has 1 unspecified atom stereocenters. The lowest BCUT2D eigenvalue weighted by Crippen LogP contribution is -2.45. The van der Waals surface area contributed by atoms with Crippen LogP contribution in [0.25, 0.3) is 0 Å².